The number of hydrogen-bond donors (Lipinski definition) is 0. The summed E-state index contributed by atoms with van der Waals surface area (Å²) in [5.74, 6) is 0.992. The van der Waals surface area contributed by atoms with Crippen LogP contribution in [0.3, 0.4) is 0 Å². The fourth-order valence-electron chi connectivity index (χ4n) is 2.93. The highest BCUT2D eigenvalue weighted by Crippen LogP contribution is 2.24. The van der Waals surface area contributed by atoms with Crippen LogP contribution in [0.2, 0.25) is 0 Å². The zero-order chi connectivity index (χ0) is 14.8. The Labute approximate surface area is 124 Å². The number of piperazine rings is 1. The van der Waals surface area contributed by atoms with Gasteiger partial charge in [0.15, 0.2) is 5.65 Å². The number of fused-ring (bicyclic) bond motifs is 1. The largest absolute Gasteiger partial charge is 0.383 e. The van der Waals surface area contributed by atoms with E-state index in [1.807, 2.05) is 13.2 Å². The Morgan fingerprint density at radius 2 is 2.19 bits per heavy atom. The second kappa shape index (κ2) is 5.95. The minimum atomic E-state index is 0.482. The molecule has 21 heavy (non-hydrogen) atoms. The van der Waals surface area contributed by atoms with E-state index in [-0.39, 0.29) is 0 Å². The summed E-state index contributed by atoms with van der Waals surface area (Å²) in [5.41, 5.74) is 0.884. The first-order chi connectivity index (χ1) is 10.2. The number of aryl methyl sites for hydroxylation is 1. The second-order valence-electron chi connectivity index (χ2n) is 5.53. The zero-order valence-electron chi connectivity index (χ0n) is 12.9. The Kier molecular flexibility index (Phi) is 4.03. The number of anilines is 1. The molecular formula is C14H22N6O. The van der Waals surface area contributed by atoms with E-state index in [1.54, 1.807) is 18.1 Å². The summed E-state index contributed by atoms with van der Waals surface area (Å²) in [6.07, 6.45) is 3.48. The topological polar surface area (TPSA) is 59.3 Å². The lowest BCUT2D eigenvalue weighted by Crippen LogP contribution is -2.53. The molecule has 2 aromatic rings. The van der Waals surface area contributed by atoms with Crippen LogP contribution in [0.1, 0.15) is 6.92 Å². The average Bonchev–Trinajstić information content (AvgIpc) is 2.88. The van der Waals surface area contributed by atoms with Crippen LogP contribution < -0.4 is 4.90 Å². The van der Waals surface area contributed by atoms with Crippen molar-refractivity contribution in [3.63, 3.8) is 0 Å². The van der Waals surface area contributed by atoms with Gasteiger partial charge in [0.25, 0.3) is 0 Å². The van der Waals surface area contributed by atoms with Crippen LogP contribution in [-0.2, 0) is 11.8 Å². The molecule has 7 heteroatoms. The third-order valence-electron chi connectivity index (χ3n) is 4.16. The maximum Gasteiger partial charge on any atom is 0.163 e. The Hall–Kier alpha value is -1.73. The van der Waals surface area contributed by atoms with Gasteiger partial charge in [0, 0.05) is 46.4 Å². The van der Waals surface area contributed by atoms with Crippen LogP contribution in [0, 0.1) is 0 Å². The summed E-state index contributed by atoms with van der Waals surface area (Å²) in [5, 5.41) is 5.31. The maximum absolute atomic E-state index is 5.18. The maximum atomic E-state index is 5.18. The Balaban J connectivity index is 1.78. The van der Waals surface area contributed by atoms with Crippen molar-refractivity contribution in [1.29, 1.82) is 0 Å². The molecule has 3 heterocycles. The normalized spacial score (nSPS) is 20.3. The van der Waals surface area contributed by atoms with Crippen LogP contribution in [-0.4, -0.2) is 70.6 Å². The van der Waals surface area contributed by atoms with Gasteiger partial charge in [-0.25, -0.2) is 9.97 Å². The lowest BCUT2D eigenvalue weighted by Gasteiger charge is -2.40. The van der Waals surface area contributed by atoms with Gasteiger partial charge in [0.1, 0.15) is 12.1 Å². The fraction of sp³-hybridized carbons (Fsp3) is 0.643. The van der Waals surface area contributed by atoms with Crippen LogP contribution in [0.25, 0.3) is 11.0 Å². The van der Waals surface area contributed by atoms with E-state index in [1.165, 1.54) is 0 Å². The number of methoxy groups -OCH3 is 1. The number of ether oxygens (including phenoxy) is 1. The second-order valence-corrected chi connectivity index (χ2v) is 5.53. The first-order valence-electron chi connectivity index (χ1n) is 7.31. The number of aromatic nitrogens is 4. The van der Waals surface area contributed by atoms with E-state index < -0.39 is 0 Å². The Morgan fingerprint density at radius 3 is 2.95 bits per heavy atom. The molecule has 0 radical (unpaired) electrons. The number of nitrogens with zero attached hydrogens (tertiary/aromatic N) is 6. The van der Waals surface area contributed by atoms with Crippen molar-refractivity contribution >= 4 is 16.9 Å². The molecule has 0 spiro atoms. The van der Waals surface area contributed by atoms with Gasteiger partial charge in [0.05, 0.1) is 18.2 Å². The van der Waals surface area contributed by atoms with Gasteiger partial charge in [-0.2, -0.15) is 5.10 Å². The van der Waals surface area contributed by atoms with Gasteiger partial charge >= 0.3 is 0 Å². The van der Waals surface area contributed by atoms with Crippen LogP contribution in [0.4, 0.5) is 5.82 Å². The van der Waals surface area contributed by atoms with Gasteiger partial charge in [-0.05, 0) is 6.92 Å². The summed E-state index contributed by atoms with van der Waals surface area (Å²) < 4.78 is 6.97. The summed E-state index contributed by atoms with van der Waals surface area (Å²) in [4.78, 5) is 13.6. The van der Waals surface area contributed by atoms with E-state index in [0.717, 1.165) is 49.6 Å². The third kappa shape index (κ3) is 2.71. The third-order valence-corrected chi connectivity index (χ3v) is 4.16. The fourth-order valence-corrected chi connectivity index (χ4v) is 2.93. The van der Waals surface area contributed by atoms with Gasteiger partial charge < -0.3 is 9.64 Å². The molecule has 114 valence electrons. The van der Waals surface area contributed by atoms with Crippen LogP contribution in [0.5, 0.6) is 0 Å². The molecule has 7 nitrogen and oxygen atoms in total. The highest BCUT2D eigenvalue weighted by Gasteiger charge is 2.25. The molecule has 0 bridgehead atoms. The summed E-state index contributed by atoms with van der Waals surface area (Å²) in [7, 11) is 3.66. The van der Waals surface area contributed by atoms with E-state index in [4.69, 9.17) is 4.74 Å². The molecule has 1 saturated heterocycles. The molecule has 1 fully saturated rings. The SMILES string of the molecule is COCCN1CCN(c2ncnc3c2cnn3C)C[C@H]1C. The van der Waals surface area contributed by atoms with Gasteiger partial charge in [-0.3, -0.25) is 9.58 Å². The van der Waals surface area contributed by atoms with Crippen LogP contribution in [0.15, 0.2) is 12.5 Å². The van der Waals surface area contributed by atoms with Crippen LogP contribution >= 0.6 is 0 Å². The molecule has 0 saturated carbocycles. The monoisotopic (exact) mass is 290 g/mol. The minimum Gasteiger partial charge on any atom is -0.383 e. The van der Waals surface area contributed by atoms with Crippen molar-refractivity contribution in [2.24, 2.45) is 7.05 Å². The summed E-state index contributed by atoms with van der Waals surface area (Å²) >= 11 is 0. The van der Waals surface area contributed by atoms with Crippen molar-refractivity contribution in [1.82, 2.24) is 24.6 Å². The Morgan fingerprint density at radius 1 is 1.33 bits per heavy atom. The van der Waals surface area contributed by atoms with E-state index >= 15 is 0 Å². The summed E-state index contributed by atoms with van der Waals surface area (Å²) in [6, 6.07) is 0.482. The van der Waals surface area contributed by atoms with E-state index in [0.29, 0.717) is 6.04 Å². The van der Waals surface area contributed by atoms with Gasteiger partial charge in [-0.1, -0.05) is 0 Å². The molecule has 0 aromatic carbocycles. The number of rotatable bonds is 4. The highest BCUT2D eigenvalue weighted by atomic mass is 16.5. The molecule has 3 rings (SSSR count). The van der Waals surface area contributed by atoms with Crippen molar-refractivity contribution < 1.29 is 4.74 Å². The average molecular weight is 290 g/mol. The quantitative estimate of drug-likeness (QED) is 0.818. The molecule has 2 aromatic heterocycles. The highest BCUT2D eigenvalue weighted by molar-refractivity contribution is 5.86. The summed E-state index contributed by atoms with van der Waals surface area (Å²) in [6.45, 7) is 6.97. The first-order valence-corrected chi connectivity index (χ1v) is 7.31. The molecule has 1 aliphatic rings. The lowest BCUT2D eigenvalue weighted by atomic mass is 10.2. The molecule has 0 amide bonds. The molecule has 0 unspecified atom stereocenters. The lowest BCUT2D eigenvalue weighted by molar-refractivity contribution is 0.117. The van der Waals surface area contributed by atoms with Crippen molar-refractivity contribution in [3.05, 3.63) is 12.5 Å². The smallest absolute Gasteiger partial charge is 0.163 e. The molecule has 1 atom stereocenters. The van der Waals surface area contributed by atoms with E-state index in [2.05, 4.69) is 31.8 Å². The van der Waals surface area contributed by atoms with Gasteiger partial charge in [-0.15, -0.1) is 0 Å². The van der Waals surface area contributed by atoms with Crippen molar-refractivity contribution in [2.75, 3.05) is 44.8 Å². The van der Waals surface area contributed by atoms with Gasteiger partial charge in [0.2, 0.25) is 0 Å². The Bertz CT molecular complexity index is 613. The molecule has 1 aliphatic heterocycles. The first kappa shape index (κ1) is 14.2. The van der Waals surface area contributed by atoms with Crippen molar-refractivity contribution in [2.45, 2.75) is 13.0 Å². The standard InChI is InChI=1S/C14H22N6O/c1-11-9-20(5-4-19(11)6-7-21-3)14-12-8-17-18(2)13(12)15-10-16-14/h8,10-11H,4-7,9H2,1-3H3/t11-/m1/s1. The predicted octanol–water partition coefficient (Wildman–Crippen LogP) is 0.520. The zero-order valence-corrected chi connectivity index (χ0v) is 12.9. The van der Waals surface area contributed by atoms with Crippen molar-refractivity contribution in [3.8, 4) is 0 Å². The predicted molar refractivity (Wildman–Crippen MR) is 81.4 cm³/mol. The molecule has 0 aliphatic carbocycles. The number of hydrogen-bond acceptors (Lipinski definition) is 6. The molecule has 0 N–H and O–H groups in total. The van der Waals surface area contributed by atoms with E-state index in [9.17, 15) is 0 Å². The minimum absolute atomic E-state index is 0.482. The molecular weight excluding hydrogens is 268 g/mol.